The van der Waals surface area contributed by atoms with Crippen molar-refractivity contribution in [3.8, 4) is 0 Å². The summed E-state index contributed by atoms with van der Waals surface area (Å²) in [5.41, 5.74) is -8.06. The molecule has 1 saturated heterocycles. The summed E-state index contributed by atoms with van der Waals surface area (Å²) in [7, 11) is 0. The average Bonchev–Trinajstić information content (AvgIpc) is 3.11. The molecule has 1 aromatic carbocycles. The number of nitrogens with one attached hydrogen (secondary N) is 1. The number of rotatable bonds is 11. The largest absolute Gasteiger partial charge is 0.456 e. The number of benzene rings is 1. The second kappa shape index (κ2) is 16.5. The third-order valence-corrected chi connectivity index (χ3v) is 12.6. The van der Waals surface area contributed by atoms with E-state index in [9.17, 15) is 38.9 Å². The average molecular weight is 834 g/mol. The molecule has 1 aromatic rings. The number of ether oxygens (including phenoxy) is 6. The number of halogens is 1. The van der Waals surface area contributed by atoms with Crippen LogP contribution in [-0.4, -0.2) is 118 Å². The van der Waals surface area contributed by atoms with Gasteiger partial charge in [0, 0.05) is 31.8 Å². The summed E-state index contributed by atoms with van der Waals surface area (Å²) in [6.45, 7) is 17.5. The van der Waals surface area contributed by atoms with Crippen molar-refractivity contribution in [2.24, 2.45) is 22.7 Å². The van der Waals surface area contributed by atoms with Gasteiger partial charge in [-0.2, -0.15) is 0 Å². The molecule has 16 heteroatoms. The first-order chi connectivity index (χ1) is 27.2. The van der Waals surface area contributed by atoms with Gasteiger partial charge in [-0.05, 0) is 89.3 Å². The van der Waals surface area contributed by atoms with Gasteiger partial charge in [-0.3, -0.25) is 9.59 Å². The first kappa shape index (κ1) is 46.1. The van der Waals surface area contributed by atoms with Crippen molar-refractivity contribution in [1.29, 1.82) is 0 Å². The highest BCUT2D eigenvalue weighted by Gasteiger charge is 2.78. The Bertz CT molecular complexity index is 1840. The van der Waals surface area contributed by atoms with E-state index >= 15 is 4.79 Å². The van der Waals surface area contributed by atoms with Crippen LogP contribution in [0.3, 0.4) is 0 Å². The molecule has 3 aliphatic carbocycles. The van der Waals surface area contributed by atoms with Crippen molar-refractivity contribution >= 4 is 29.8 Å². The van der Waals surface area contributed by atoms with E-state index in [4.69, 9.17) is 28.4 Å². The summed E-state index contributed by atoms with van der Waals surface area (Å²) in [4.78, 5) is 69.4. The van der Waals surface area contributed by atoms with Crippen molar-refractivity contribution in [3.05, 3.63) is 46.8 Å². The highest BCUT2D eigenvalue weighted by molar-refractivity contribution is 5.94. The lowest BCUT2D eigenvalue weighted by Gasteiger charge is -2.67. The maximum absolute atomic E-state index is 15.4. The zero-order chi connectivity index (χ0) is 44.2. The van der Waals surface area contributed by atoms with E-state index in [1.165, 1.54) is 19.1 Å². The lowest BCUT2D eigenvalue weighted by atomic mass is 9.44. The molecule has 2 saturated carbocycles. The molecule has 1 heterocycles. The summed E-state index contributed by atoms with van der Waals surface area (Å²) < 4.78 is 49.9. The van der Waals surface area contributed by atoms with Gasteiger partial charge in [0.15, 0.2) is 17.5 Å². The lowest BCUT2D eigenvalue weighted by Crippen LogP contribution is -2.82. The molecule has 11 atom stereocenters. The van der Waals surface area contributed by atoms with Crippen LogP contribution in [0.2, 0.25) is 0 Å². The first-order valence-electron chi connectivity index (χ1n) is 20.2. The Hall–Kier alpha value is -3.96. The number of esters is 3. The van der Waals surface area contributed by atoms with Crippen LogP contribution in [0.1, 0.15) is 106 Å². The Balaban J connectivity index is 1.71. The van der Waals surface area contributed by atoms with Crippen LogP contribution in [0.25, 0.3) is 0 Å². The number of Topliss-reactive ketones (excluding diaryl/α,β-unsaturated/α-hetero) is 1. The minimum atomic E-state index is -2.33. The number of hydrogen-bond donors (Lipinski definition) is 4. The van der Waals surface area contributed by atoms with Crippen molar-refractivity contribution in [2.45, 2.75) is 155 Å². The molecule has 0 aromatic heterocycles. The van der Waals surface area contributed by atoms with Gasteiger partial charge in [-0.1, -0.05) is 27.7 Å². The number of aliphatic hydroxyl groups excluding tert-OH is 2. The van der Waals surface area contributed by atoms with E-state index in [2.05, 4.69) is 5.32 Å². The third-order valence-electron chi connectivity index (χ3n) is 12.6. The highest BCUT2D eigenvalue weighted by Crippen LogP contribution is 2.64. The summed E-state index contributed by atoms with van der Waals surface area (Å²) in [5.74, 6) is -5.88. The SMILES string of the molecule is CCO[C@H]1C(=O)[C@@]2(C)C([C@H](OC(=O)c3ccc(F)cc3)[C@]3(O)C[C@H](OC(=O)[C@H](O)[C@H](CC(C)C)NC(=O)OC(C)(C)C)C(C)=C1C3(C)C)[C@]1(OC(C)=O)CO[C@@H]1C[C@@H]2O. The van der Waals surface area contributed by atoms with E-state index in [1.54, 1.807) is 48.5 Å². The Morgan fingerprint density at radius 2 is 1.69 bits per heavy atom. The monoisotopic (exact) mass is 833 g/mol. The molecule has 4 aliphatic rings. The first-order valence-corrected chi connectivity index (χ1v) is 20.2. The fourth-order valence-electron chi connectivity index (χ4n) is 9.68. The van der Waals surface area contributed by atoms with E-state index in [1.807, 2.05) is 13.8 Å². The molecule has 2 bridgehead atoms. The molecule has 0 radical (unpaired) electrons. The summed E-state index contributed by atoms with van der Waals surface area (Å²) in [6, 6.07) is 3.29. The molecule has 1 unspecified atom stereocenters. The molecule has 0 spiro atoms. The van der Waals surface area contributed by atoms with Crippen LogP contribution in [0.15, 0.2) is 35.4 Å². The molecule has 328 valence electrons. The summed E-state index contributed by atoms with van der Waals surface area (Å²) in [6.07, 6.45) is -10.5. The van der Waals surface area contributed by atoms with Crippen molar-refractivity contribution < 1.29 is 72.1 Å². The van der Waals surface area contributed by atoms with E-state index in [0.717, 1.165) is 19.1 Å². The van der Waals surface area contributed by atoms with E-state index < -0.39 is 118 Å². The van der Waals surface area contributed by atoms with Crippen molar-refractivity contribution in [2.75, 3.05) is 13.2 Å². The summed E-state index contributed by atoms with van der Waals surface area (Å²) in [5, 5.41) is 39.6. The quantitative estimate of drug-likeness (QED) is 0.140. The molecule has 1 aliphatic heterocycles. The normalized spacial score (nSPS) is 33.5. The predicted molar refractivity (Wildman–Crippen MR) is 207 cm³/mol. The molecule has 3 fully saturated rings. The van der Waals surface area contributed by atoms with Crippen molar-refractivity contribution in [3.63, 3.8) is 0 Å². The molecular weight excluding hydrogens is 773 g/mol. The topological polar surface area (TPSA) is 213 Å². The highest BCUT2D eigenvalue weighted by atomic mass is 19.1. The molecule has 5 rings (SSSR count). The van der Waals surface area contributed by atoms with Crippen LogP contribution >= 0.6 is 0 Å². The molecule has 59 heavy (non-hydrogen) atoms. The Morgan fingerprint density at radius 1 is 1.07 bits per heavy atom. The number of aliphatic hydroxyl groups is 3. The molecular formula is C43H60FNO14. The van der Waals surface area contributed by atoms with Crippen LogP contribution < -0.4 is 5.32 Å². The number of alkyl carbamates (subject to hydrolysis) is 1. The third kappa shape index (κ3) is 8.27. The van der Waals surface area contributed by atoms with Gasteiger partial charge in [0.1, 0.15) is 41.4 Å². The number of ketones is 1. The van der Waals surface area contributed by atoms with Crippen LogP contribution in [0.4, 0.5) is 9.18 Å². The Labute approximate surface area is 344 Å². The van der Waals surface area contributed by atoms with Crippen molar-refractivity contribution in [1.82, 2.24) is 5.32 Å². The van der Waals surface area contributed by atoms with Gasteiger partial charge < -0.3 is 49.1 Å². The lowest BCUT2D eigenvalue weighted by molar-refractivity contribution is -0.346. The zero-order valence-electron chi connectivity index (χ0n) is 35.8. The Kier molecular flexibility index (Phi) is 12.9. The zero-order valence-corrected chi connectivity index (χ0v) is 35.8. The Morgan fingerprint density at radius 3 is 2.22 bits per heavy atom. The van der Waals surface area contributed by atoms with Gasteiger partial charge in [0.2, 0.25) is 0 Å². The van der Waals surface area contributed by atoms with Crippen LogP contribution in [-0.2, 0) is 42.8 Å². The number of fused-ring (bicyclic) bond motifs is 5. The van der Waals surface area contributed by atoms with Gasteiger partial charge in [-0.25, -0.2) is 18.8 Å². The summed E-state index contributed by atoms with van der Waals surface area (Å²) >= 11 is 0. The molecule has 1 amide bonds. The smallest absolute Gasteiger partial charge is 0.407 e. The fraction of sp³-hybridized carbons (Fsp3) is 0.698. The number of amides is 1. The van der Waals surface area contributed by atoms with E-state index in [-0.39, 0.29) is 43.1 Å². The van der Waals surface area contributed by atoms with Crippen LogP contribution in [0.5, 0.6) is 0 Å². The van der Waals surface area contributed by atoms with Gasteiger partial charge in [0.05, 0.1) is 35.6 Å². The number of carbonyl (C=O) groups is 5. The van der Waals surface area contributed by atoms with E-state index in [0.29, 0.717) is 5.57 Å². The standard InChI is InChI=1S/C43H60FNO14/c1-12-54-32-30-22(4)27(56-37(51)31(48)26(17-21(2)3)45-38(52)59-39(6,7)8)19-43(53,40(30,9)10)35(57-36(50)24-13-15-25(44)16-14-24)33-41(11,34(32)49)28(47)18-29-42(33,20-55-29)58-23(5)46/h13-16,21,26-29,31-33,35,47-48,53H,12,17-20H2,1-11H3,(H,45,52)/t26-,27-,28-,29+,31+,32+,33?,35-,41+,42-,43+/m0/s1. The predicted octanol–water partition coefficient (Wildman–Crippen LogP) is 4.12. The van der Waals surface area contributed by atoms with Gasteiger partial charge in [-0.15, -0.1) is 0 Å². The van der Waals surface area contributed by atoms with Gasteiger partial charge >= 0.3 is 24.0 Å². The fourth-order valence-corrected chi connectivity index (χ4v) is 9.68. The molecule has 15 nitrogen and oxygen atoms in total. The number of hydrogen-bond acceptors (Lipinski definition) is 14. The number of carbonyl (C=O) groups excluding carboxylic acids is 5. The van der Waals surface area contributed by atoms with Gasteiger partial charge in [0.25, 0.3) is 0 Å². The van der Waals surface area contributed by atoms with Crippen LogP contribution in [0, 0.1) is 28.5 Å². The second-order valence-corrected chi connectivity index (χ2v) is 18.5. The maximum atomic E-state index is 15.4. The minimum Gasteiger partial charge on any atom is -0.456 e. The maximum Gasteiger partial charge on any atom is 0.407 e. The second-order valence-electron chi connectivity index (χ2n) is 18.5. The minimum absolute atomic E-state index is 0.0152. The molecule has 4 N–H and O–H groups in total.